The SMILES string of the molecule is Cc1ccn(-c2ccc(F)c(OCc3ccccc3)c2)n1. The number of rotatable bonds is 4. The number of hydrogen-bond donors (Lipinski definition) is 0. The Hall–Kier alpha value is -2.62. The molecule has 0 aliphatic heterocycles. The molecule has 1 heterocycles. The highest BCUT2D eigenvalue weighted by Gasteiger charge is 2.07. The van der Waals surface area contributed by atoms with E-state index in [9.17, 15) is 4.39 Å². The van der Waals surface area contributed by atoms with Gasteiger partial charge in [-0.25, -0.2) is 9.07 Å². The molecule has 4 heteroatoms. The molecule has 106 valence electrons. The van der Waals surface area contributed by atoms with Crippen molar-refractivity contribution in [2.24, 2.45) is 0 Å². The second-order valence-corrected chi connectivity index (χ2v) is 4.79. The average Bonchev–Trinajstić information content (AvgIpc) is 2.94. The molecule has 1 aromatic heterocycles. The van der Waals surface area contributed by atoms with Crippen LogP contribution in [-0.2, 0) is 6.61 Å². The number of benzene rings is 2. The van der Waals surface area contributed by atoms with Crippen molar-refractivity contribution in [2.75, 3.05) is 0 Å². The molecule has 0 unspecified atom stereocenters. The van der Waals surface area contributed by atoms with E-state index in [1.807, 2.05) is 49.5 Å². The predicted molar refractivity (Wildman–Crippen MR) is 79.0 cm³/mol. The maximum absolute atomic E-state index is 13.8. The summed E-state index contributed by atoms with van der Waals surface area (Å²) in [5.74, 6) is -0.150. The van der Waals surface area contributed by atoms with Crippen LogP contribution in [0.2, 0.25) is 0 Å². The van der Waals surface area contributed by atoms with E-state index in [-0.39, 0.29) is 11.6 Å². The molecule has 0 bridgehead atoms. The first-order valence-corrected chi connectivity index (χ1v) is 6.71. The topological polar surface area (TPSA) is 27.1 Å². The van der Waals surface area contributed by atoms with Crippen LogP contribution in [0.5, 0.6) is 5.75 Å². The van der Waals surface area contributed by atoms with Gasteiger partial charge in [0.05, 0.1) is 11.4 Å². The van der Waals surface area contributed by atoms with Gasteiger partial charge < -0.3 is 4.74 Å². The molecule has 0 spiro atoms. The van der Waals surface area contributed by atoms with E-state index in [0.29, 0.717) is 6.61 Å². The lowest BCUT2D eigenvalue weighted by Crippen LogP contribution is -2.00. The normalized spacial score (nSPS) is 10.6. The summed E-state index contributed by atoms with van der Waals surface area (Å²) in [4.78, 5) is 0. The van der Waals surface area contributed by atoms with Crippen LogP contribution < -0.4 is 4.74 Å². The van der Waals surface area contributed by atoms with Gasteiger partial charge >= 0.3 is 0 Å². The Morgan fingerprint density at radius 1 is 1.10 bits per heavy atom. The largest absolute Gasteiger partial charge is 0.486 e. The Morgan fingerprint density at radius 3 is 2.62 bits per heavy atom. The lowest BCUT2D eigenvalue weighted by atomic mass is 10.2. The molecule has 0 N–H and O–H groups in total. The summed E-state index contributed by atoms with van der Waals surface area (Å²) in [7, 11) is 0. The van der Waals surface area contributed by atoms with Gasteiger partial charge in [0, 0.05) is 12.3 Å². The summed E-state index contributed by atoms with van der Waals surface area (Å²) in [5, 5.41) is 4.31. The standard InChI is InChI=1S/C17H15FN2O/c1-13-9-10-20(19-13)15-7-8-16(18)17(11-15)21-12-14-5-3-2-4-6-14/h2-11H,12H2,1H3. The van der Waals surface area contributed by atoms with Gasteiger partial charge in [0.1, 0.15) is 6.61 Å². The third-order valence-electron chi connectivity index (χ3n) is 3.14. The number of halogens is 1. The zero-order valence-corrected chi connectivity index (χ0v) is 11.7. The fraction of sp³-hybridized carbons (Fsp3) is 0.118. The predicted octanol–water partition coefficient (Wildman–Crippen LogP) is 3.90. The minimum atomic E-state index is -0.376. The fourth-order valence-corrected chi connectivity index (χ4v) is 2.04. The van der Waals surface area contributed by atoms with Crippen LogP contribution in [-0.4, -0.2) is 9.78 Å². The Kier molecular flexibility index (Phi) is 3.69. The molecule has 3 nitrogen and oxygen atoms in total. The van der Waals surface area contributed by atoms with E-state index in [4.69, 9.17) is 4.74 Å². The Morgan fingerprint density at radius 2 is 1.90 bits per heavy atom. The van der Waals surface area contributed by atoms with Crippen LogP contribution in [0.25, 0.3) is 5.69 Å². The van der Waals surface area contributed by atoms with Crippen molar-refractivity contribution in [1.82, 2.24) is 9.78 Å². The molecule has 0 aliphatic rings. The molecule has 0 saturated carbocycles. The van der Waals surface area contributed by atoms with Gasteiger partial charge in [-0.2, -0.15) is 5.10 Å². The molecule has 0 aliphatic carbocycles. The summed E-state index contributed by atoms with van der Waals surface area (Å²) >= 11 is 0. The van der Waals surface area contributed by atoms with E-state index in [1.54, 1.807) is 16.8 Å². The minimum absolute atomic E-state index is 0.226. The monoisotopic (exact) mass is 282 g/mol. The van der Waals surface area contributed by atoms with Crippen LogP contribution >= 0.6 is 0 Å². The zero-order valence-electron chi connectivity index (χ0n) is 11.7. The van der Waals surface area contributed by atoms with Crippen molar-refractivity contribution in [3.63, 3.8) is 0 Å². The summed E-state index contributed by atoms with van der Waals surface area (Å²) in [6, 6.07) is 16.3. The highest BCUT2D eigenvalue weighted by Crippen LogP contribution is 2.22. The first-order valence-electron chi connectivity index (χ1n) is 6.71. The number of ether oxygens (including phenoxy) is 1. The van der Waals surface area contributed by atoms with E-state index >= 15 is 0 Å². The minimum Gasteiger partial charge on any atom is -0.486 e. The van der Waals surface area contributed by atoms with Crippen LogP contribution in [0.15, 0.2) is 60.8 Å². The van der Waals surface area contributed by atoms with Gasteiger partial charge in [-0.05, 0) is 30.7 Å². The molecule has 0 fully saturated rings. The molecule has 0 amide bonds. The van der Waals surface area contributed by atoms with Crippen LogP contribution in [0.3, 0.4) is 0 Å². The van der Waals surface area contributed by atoms with Gasteiger partial charge in [-0.3, -0.25) is 0 Å². The summed E-state index contributed by atoms with van der Waals surface area (Å²) < 4.78 is 21.1. The molecule has 0 saturated heterocycles. The van der Waals surface area contributed by atoms with Crippen molar-refractivity contribution in [2.45, 2.75) is 13.5 Å². The van der Waals surface area contributed by atoms with Crippen molar-refractivity contribution in [3.8, 4) is 11.4 Å². The average molecular weight is 282 g/mol. The molecular weight excluding hydrogens is 267 g/mol. The van der Waals surface area contributed by atoms with Crippen LogP contribution in [0.4, 0.5) is 4.39 Å². The van der Waals surface area contributed by atoms with Gasteiger partial charge in [0.15, 0.2) is 11.6 Å². The number of aryl methyl sites for hydroxylation is 1. The first-order chi connectivity index (χ1) is 10.2. The smallest absolute Gasteiger partial charge is 0.165 e. The van der Waals surface area contributed by atoms with Gasteiger partial charge in [0.2, 0.25) is 0 Å². The second-order valence-electron chi connectivity index (χ2n) is 4.79. The van der Waals surface area contributed by atoms with E-state index in [2.05, 4.69) is 5.10 Å². The van der Waals surface area contributed by atoms with E-state index in [0.717, 1.165) is 16.9 Å². The molecule has 3 rings (SSSR count). The van der Waals surface area contributed by atoms with Crippen molar-refractivity contribution in [3.05, 3.63) is 77.9 Å². The van der Waals surface area contributed by atoms with E-state index < -0.39 is 0 Å². The summed E-state index contributed by atoms with van der Waals surface area (Å²) in [5.41, 5.74) is 2.68. The molecule has 21 heavy (non-hydrogen) atoms. The first kappa shape index (κ1) is 13.4. The second kappa shape index (κ2) is 5.79. The fourth-order valence-electron chi connectivity index (χ4n) is 2.04. The number of nitrogens with zero attached hydrogens (tertiary/aromatic N) is 2. The van der Waals surface area contributed by atoms with E-state index in [1.165, 1.54) is 6.07 Å². The van der Waals surface area contributed by atoms with Gasteiger partial charge in [-0.15, -0.1) is 0 Å². The van der Waals surface area contributed by atoms with Crippen molar-refractivity contribution >= 4 is 0 Å². The highest BCUT2D eigenvalue weighted by atomic mass is 19.1. The Balaban J connectivity index is 1.81. The Bertz CT molecular complexity index is 738. The lowest BCUT2D eigenvalue weighted by molar-refractivity contribution is 0.290. The third kappa shape index (κ3) is 3.11. The van der Waals surface area contributed by atoms with Crippen molar-refractivity contribution in [1.29, 1.82) is 0 Å². The number of aromatic nitrogens is 2. The molecule has 0 atom stereocenters. The number of hydrogen-bond acceptors (Lipinski definition) is 2. The maximum atomic E-state index is 13.8. The van der Waals surface area contributed by atoms with Gasteiger partial charge in [0.25, 0.3) is 0 Å². The zero-order chi connectivity index (χ0) is 14.7. The van der Waals surface area contributed by atoms with Crippen molar-refractivity contribution < 1.29 is 9.13 Å². The summed E-state index contributed by atoms with van der Waals surface area (Å²) in [6.45, 7) is 2.24. The molecular formula is C17H15FN2O. The third-order valence-corrected chi connectivity index (χ3v) is 3.14. The Labute approximate surface area is 122 Å². The lowest BCUT2D eigenvalue weighted by Gasteiger charge is -2.09. The molecule has 2 aromatic carbocycles. The van der Waals surface area contributed by atoms with Crippen LogP contribution in [0, 0.1) is 12.7 Å². The quantitative estimate of drug-likeness (QED) is 0.725. The van der Waals surface area contributed by atoms with Gasteiger partial charge in [-0.1, -0.05) is 30.3 Å². The highest BCUT2D eigenvalue weighted by molar-refractivity contribution is 5.40. The van der Waals surface area contributed by atoms with Crippen LogP contribution in [0.1, 0.15) is 11.3 Å². The summed E-state index contributed by atoms with van der Waals surface area (Å²) in [6.07, 6.45) is 1.84. The maximum Gasteiger partial charge on any atom is 0.165 e. The molecule has 0 radical (unpaired) electrons. The molecule has 3 aromatic rings.